The Morgan fingerprint density at radius 2 is 1.76 bits per heavy atom. The topological polar surface area (TPSA) is 91.1 Å². The van der Waals surface area contributed by atoms with Gasteiger partial charge in [0.1, 0.15) is 11.3 Å². The maximum Gasteiger partial charge on any atom is 0.332 e. The van der Waals surface area contributed by atoms with Gasteiger partial charge in [-0.3, -0.25) is 13.9 Å². The van der Waals surface area contributed by atoms with Crippen LogP contribution in [0, 0.1) is 0 Å². The molecule has 0 saturated carbocycles. The third-order valence-electron chi connectivity index (χ3n) is 4.63. The van der Waals surface area contributed by atoms with E-state index in [2.05, 4.69) is 9.97 Å². The number of ether oxygens (including phenoxy) is 2. The normalized spacial score (nSPS) is 11.4. The molecule has 0 amide bonds. The zero-order valence-corrected chi connectivity index (χ0v) is 17.2. The predicted octanol–water partition coefficient (Wildman–Crippen LogP) is 2.89. The molecule has 1 aromatic carbocycles. The Morgan fingerprint density at radius 1 is 1.03 bits per heavy atom. The second kappa shape index (κ2) is 8.81. The van der Waals surface area contributed by atoms with Crippen LogP contribution in [0.1, 0.15) is 38.1 Å². The van der Waals surface area contributed by atoms with Gasteiger partial charge in [0.2, 0.25) is 0 Å². The van der Waals surface area contributed by atoms with Crippen molar-refractivity contribution in [3.05, 3.63) is 50.4 Å². The number of fused-ring (bicyclic) bond motifs is 1. The Hall–Kier alpha value is -3.29. The molecule has 3 rings (SSSR count). The molecule has 1 N–H and O–H groups in total. The average molecular weight is 398 g/mol. The van der Waals surface area contributed by atoms with E-state index in [-0.39, 0.29) is 11.2 Å². The second-order valence-corrected chi connectivity index (χ2v) is 6.63. The molecule has 0 radical (unpaired) electrons. The van der Waals surface area contributed by atoms with Crippen molar-refractivity contribution >= 4 is 23.3 Å². The summed E-state index contributed by atoms with van der Waals surface area (Å²) in [5, 5.41) is 0. The lowest BCUT2D eigenvalue weighted by atomic mass is 10.1. The van der Waals surface area contributed by atoms with Gasteiger partial charge < -0.3 is 14.5 Å². The molecular weight excluding hydrogens is 372 g/mol. The lowest BCUT2D eigenvalue weighted by molar-refractivity contribution is 0.354. The summed E-state index contributed by atoms with van der Waals surface area (Å²) in [7, 11) is 3.16. The summed E-state index contributed by atoms with van der Waals surface area (Å²) in [5.41, 5.74) is 0.866. The minimum atomic E-state index is -0.342. The van der Waals surface area contributed by atoms with Crippen molar-refractivity contribution in [2.75, 3.05) is 14.2 Å². The number of nitrogens with one attached hydrogen (secondary N) is 1. The van der Waals surface area contributed by atoms with Gasteiger partial charge in [0, 0.05) is 18.7 Å². The number of methoxy groups -OCH3 is 2. The molecule has 0 spiro atoms. The first-order valence-corrected chi connectivity index (χ1v) is 9.68. The number of benzene rings is 1. The van der Waals surface area contributed by atoms with Crippen molar-refractivity contribution < 1.29 is 9.47 Å². The molecule has 2 heterocycles. The van der Waals surface area contributed by atoms with E-state index in [1.165, 1.54) is 4.57 Å². The fourth-order valence-corrected chi connectivity index (χ4v) is 3.32. The summed E-state index contributed by atoms with van der Waals surface area (Å²) in [6.07, 6.45) is 5.04. The molecule has 0 atom stereocenters. The van der Waals surface area contributed by atoms with Gasteiger partial charge in [0.05, 0.1) is 14.2 Å². The van der Waals surface area contributed by atoms with Crippen LogP contribution in [0.15, 0.2) is 27.8 Å². The maximum atomic E-state index is 12.8. The van der Waals surface area contributed by atoms with Gasteiger partial charge in [-0.25, -0.2) is 9.78 Å². The second-order valence-electron chi connectivity index (χ2n) is 6.63. The molecular formula is C21H26N4O4. The van der Waals surface area contributed by atoms with Crippen LogP contribution < -0.4 is 20.7 Å². The largest absolute Gasteiger partial charge is 0.493 e. The predicted molar refractivity (Wildman–Crippen MR) is 114 cm³/mol. The van der Waals surface area contributed by atoms with Crippen molar-refractivity contribution in [3.8, 4) is 11.5 Å². The summed E-state index contributed by atoms with van der Waals surface area (Å²) in [6, 6.07) is 5.57. The van der Waals surface area contributed by atoms with E-state index in [1.54, 1.807) is 24.9 Å². The van der Waals surface area contributed by atoms with Crippen molar-refractivity contribution in [1.29, 1.82) is 0 Å². The number of hydrogen-bond donors (Lipinski definition) is 1. The lowest BCUT2D eigenvalue weighted by Crippen LogP contribution is -2.40. The molecule has 0 fully saturated rings. The molecule has 8 heteroatoms. The highest BCUT2D eigenvalue weighted by atomic mass is 16.5. The van der Waals surface area contributed by atoms with E-state index in [1.807, 2.05) is 38.1 Å². The smallest absolute Gasteiger partial charge is 0.332 e. The SMILES string of the molecule is CCCn1c(=O)c2[nH]c(/C=C/c3cccc(OC)c3OC)nc2n(CCC)c1=O. The summed E-state index contributed by atoms with van der Waals surface area (Å²) in [5.74, 6) is 1.72. The highest BCUT2D eigenvalue weighted by molar-refractivity contribution is 5.77. The molecule has 29 heavy (non-hydrogen) atoms. The third-order valence-corrected chi connectivity index (χ3v) is 4.63. The van der Waals surface area contributed by atoms with Gasteiger partial charge >= 0.3 is 5.69 Å². The number of hydrogen-bond acceptors (Lipinski definition) is 5. The molecule has 3 aromatic rings. The van der Waals surface area contributed by atoms with E-state index in [0.717, 1.165) is 12.0 Å². The van der Waals surface area contributed by atoms with Crippen molar-refractivity contribution in [2.45, 2.75) is 39.8 Å². The number of para-hydroxylation sites is 1. The number of H-pyrrole nitrogens is 1. The van der Waals surface area contributed by atoms with Gasteiger partial charge in [-0.1, -0.05) is 26.0 Å². The number of imidazole rings is 1. The summed E-state index contributed by atoms with van der Waals surface area (Å²) in [6.45, 7) is 4.79. The number of rotatable bonds is 8. The quantitative estimate of drug-likeness (QED) is 0.630. The van der Waals surface area contributed by atoms with Gasteiger partial charge in [0.15, 0.2) is 17.1 Å². The van der Waals surface area contributed by atoms with Crippen LogP contribution in [0.25, 0.3) is 23.3 Å². The number of aryl methyl sites for hydroxylation is 1. The minimum absolute atomic E-state index is 0.317. The van der Waals surface area contributed by atoms with E-state index < -0.39 is 0 Å². The number of aromatic amines is 1. The number of aromatic nitrogens is 4. The Morgan fingerprint density at radius 3 is 2.41 bits per heavy atom. The van der Waals surface area contributed by atoms with Crippen LogP contribution in [0.5, 0.6) is 11.5 Å². The molecule has 2 aromatic heterocycles. The Kier molecular flexibility index (Phi) is 6.21. The van der Waals surface area contributed by atoms with Gasteiger partial charge in [-0.05, 0) is 31.1 Å². The first-order valence-electron chi connectivity index (χ1n) is 9.68. The molecule has 154 valence electrons. The fourth-order valence-electron chi connectivity index (χ4n) is 3.32. The van der Waals surface area contributed by atoms with Crippen molar-refractivity contribution in [1.82, 2.24) is 19.1 Å². The number of nitrogens with zero attached hydrogens (tertiary/aromatic N) is 3. The van der Waals surface area contributed by atoms with Crippen LogP contribution in [0.3, 0.4) is 0 Å². The molecule has 0 bridgehead atoms. The van der Waals surface area contributed by atoms with E-state index in [0.29, 0.717) is 48.0 Å². The van der Waals surface area contributed by atoms with Crippen LogP contribution in [-0.2, 0) is 13.1 Å². The molecule has 0 saturated heterocycles. The Balaban J connectivity index is 2.12. The van der Waals surface area contributed by atoms with Gasteiger partial charge in [-0.2, -0.15) is 0 Å². The zero-order valence-electron chi connectivity index (χ0n) is 17.2. The Bertz CT molecular complexity index is 1150. The monoisotopic (exact) mass is 398 g/mol. The lowest BCUT2D eigenvalue weighted by Gasteiger charge is -2.09. The highest BCUT2D eigenvalue weighted by Crippen LogP contribution is 2.31. The standard InChI is InChI=1S/C21H26N4O4/c1-5-12-24-19-17(20(26)25(13-6-2)21(24)27)22-16(23-19)11-10-14-8-7-9-15(28-3)18(14)29-4/h7-11H,5-6,12-13H2,1-4H3,(H,22,23)/b11-10+. The van der Waals surface area contributed by atoms with Crippen LogP contribution in [0.4, 0.5) is 0 Å². The first-order chi connectivity index (χ1) is 14.0. The van der Waals surface area contributed by atoms with E-state index >= 15 is 0 Å². The summed E-state index contributed by atoms with van der Waals surface area (Å²) in [4.78, 5) is 33.1. The van der Waals surface area contributed by atoms with Crippen molar-refractivity contribution in [2.24, 2.45) is 0 Å². The fraction of sp³-hybridized carbons (Fsp3) is 0.381. The van der Waals surface area contributed by atoms with Gasteiger partial charge in [0.25, 0.3) is 5.56 Å². The van der Waals surface area contributed by atoms with Crippen molar-refractivity contribution in [3.63, 3.8) is 0 Å². The molecule has 0 aliphatic rings. The Labute approximate surface area is 168 Å². The zero-order chi connectivity index (χ0) is 21.0. The van der Waals surface area contributed by atoms with Gasteiger partial charge in [-0.15, -0.1) is 0 Å². The minimum Gasteiger partial charge on any atom is -0.493 e. The van der Waals surface area contributed by atoms with Crippen LogP contribution >= 0.6 is 0 Å². The summed E-state index contributed by atoms with van der Waals surface area (Å²) >= 11 is 0. The summed E-state index contributed by atoms with van der Waals surface area (Å²) < 4.78 is 13.6. The molecule has 0 unspecified atom stereocenters. The molecule has 0 aliphatic carbocycles. The molecule has 8 nitrogen and oxygen atoms in total. The highest BCUT2D eigenvalue weighted by Gasteiger charge is 2.16. The average Bonchev–Trinajstić information content (AvgIpc) is 3.16. The van der Waals surface area contributed by atoms with Crippen LogP contribution in [-0.4, -0.2) is 33.3 Å². The van der Waals surface area contributed by atoms with Crippen LogP contribution in [0.2, 0.25) is 0 Å². The van der Waals surface area contributed by atoms with E-state index in [9.17, 15) is 9.59 Å². The maximum absolute atomic E-state index is 12.8. The van der Waals surface area contributed by atoms with E-state index in [4.69, 9.17) is 9.47 Å². The molecule has 0 aliphatic heterocycles. The first kappa shape index (κ1) is 20.4. The third kappa shape index (κ3) is 3.83.